The quantitative estimate of drug-likeness (QED) is 0.515. The minimum atomic E-state index is -0.234. The lowest BCUT2D eigenvalue weighted by Gasteiger charge is -2.18. The van der Waals surface area contributed by atoms with Gasteiger partial charge in [0.2, 0.25) is 0 Å². The van der Waals surface area contributed by atoms with Crippen molar-refractivity contribution in [2.75, 3.05) is 20.3 Å². The number of rotatable bonds is 10. The van der Waals surface area contributed by atoms with E-state index in [0.717, 1.165) is 6.42 Å². The second-order valence-corrected chi connectivity index (χ2v) is 6.82. The lowest BCUT2D eigenvalue weighted by molar-refractivity contribution is -0.123. The van der Waals surface area contributed by atoms with Crippen molar-refractivity contribution in [3.05, 3.63) is 95.6 Å². The van der Waals surface area contributed by atoms with Gasteiger partial charge in [-0.25, -0.2) is 0 Å². The molecule has 3 aromatic rings. The molecule has 3 aromatic carbocycles. The van der Waals surface area contributed by atoms with Crippen LogP contribution in [0.2, 0.25) is 0 Å². The molecule has 0 spiro atoms. The van der Waals surface area contributed by atoms with Gasteiger partial charge in [-0.1, -0.05) is 60.7 Å². The summed E-state index contributed by atoms with van der Waals surface area (Å²) in [5.41, 5.74) is 2.77. The first-order chi connectivity index (χ1) is 14.7. The van der Waals surface area contributed by atoms with E-state index in [9.17, 15) is 9.59 Å². The molecule has 0 heterocycles. The van der Waals surface area contributed by atoms with E-state index in [2.05, 4.69) is 29.6 Å². The van der Waals surface area contributed by atoms with Gasteiger partial charge in [-0.2, -0.15) is 0 Å². The van der Waals surface area contributed by atoms with Crippen LogP contribution in [0, 0.1) is 0 Å². The van der Waals surface area contributed by atoms with Gasteiger partial charge in [-0.05, 0) is 35.7 Å². The average molecular weight is 403 g/mol. The van der Waals surface area contributed by atoms with Crippen LogP contribution in [0.5, 0.6) is 11.5 Å². The number of nitrogens with one attached hydrogen (secondary N) is 1. The van der Waals surface area contributed by atoms with E-state index in [1.807, 2.05) is 36.4 Å². The van der Waals surface area contributed by atoms with Crippen LogP contribution in [0.1, 0.15) is 33.8 Å². The molecule has 0 aliphatic carbocycles. The highest BCUT2D eigenvalue weighted by molar-refractivity contribution is 5.81. The number of methoxy groups -OCH3 is 1. The number of carbonyl (C=O) groups is 2. The fraction of sp³-hybridized carbons (Fsp3) is 0.200. The maximum Gasteiger partial charge on any atom is 0.257 e. The Morgan fingerprint density at radius 3 is 2.17 bits per heavy atom. The largest absolute Gasteiger partial charge is 0.497 e. The van der Waals surface area contributed by atoms with Crippen molar-refractivity contribution in [2.45, 2.75) is 12.3 Å². The third-order valence-corrected chi connectivity index (χ3v) is 4.86. The lowest BCUT2D eigenvalue weighted by atomic mass is 9.88. The van der Waals surface area contributed by atoms with E-state index in [-0.39, 0.29) is 18.4 Å². The van der Waals surface area contributed by atoms with Crippen molar-refractivity contribution in [2.24, 2.45) is 0 Å². The summed E-state index contributed by atoms with van der Waals surface area (Å²) in [4.78, 5) is 23.5. The average Bonchev–Trinajstić information content (AvgIpc) is 2.81. The minimum absolute atomic E-state index is 0.158. The topological polar surface area (TPSA) is 64.6 Å². The molecular weight excluding hydrogens is 378 g/mol. The van der Waals surface area contributed by atoms with Gasteiger partial charge in [-0.3, -0.25) is 9.59 Å². The van der Waals surface area contributed by atoms with Crippen molar-refractivity contribution in [3.8, 4) is 11.5 Å². The van der Waals surface area contributed by atoms with Gasteiger partial charge >= 0.3 is 0 Å². The van der Waals surface area contributed by atoms with Gasteiger partial charge in [0.1, 0.15) is 11.5 Å². The van der Waals surface area contributed by atoms with Crippen LogP contribution in [0.15, 0.2) is 78.9 Å². The zero-order valence-corrected chi connectivity index (χ0v) is 16.9. The summed E-state index contributed by atoms with van der Waals surface area (Å²) in [6.07, 6.45) is 1.45. The number of carbonyl (C=O) groups excluding carboxylic acids is 2. The Balaban J connectivity index is 1.55. The summed E-state index contributed by atoms with van der Waals surface area (Å²) in [6.45, 7) is 0.355. The molecule has 0 atom stereocenters. The Hall–Kier alpha value is -3.60. The Kier molecular flexibility index (Phi) is 7.61. The number of hydrogen-bond acceptors (Lipinski definition) is 4. The van der Waals surface area contributed by atoms with E-state index in [1.165, 1.54) is 18.2 Å². The molecule has 0 fully saturated rings. The number of hydrogen-bond donors (Lipinski definition) is 1. The first-order valence-corrected chi connectivity index (χ1v) is 9.84. The Labute approximate surface area is 176 Å². The SMILES string of the molecule is COc1ccc(OCC(=O)NCCC(c2ccccc2)c2ccccc2)c(C=O)c1. The molecule has 154 valence electrons. The second kappa shape index (κ2) is 10.8. The predicted molar refractivity (Wildman–Crippen MR) is 116 cm³/mol. The third kappa shape index (κ3) is 5.70. The van der Waals surface area contributed by atoms with Crippen LogP contribution < -0.4 is 14.8 Å². The summed E-state index contributed by atoms with van der Waals surface area (Å²) in [5, 5.41) is 2.91. The highest BCUT2D eigenvalue weighted by Gasteiger charge is 2.14. The van der Waals surface area contributed by atoms with Crippen LogP contribution in [0.4, 0.5) is 0 Å². The Morgan fingerprint density at radius 2 is 1.60 bits per heavy atom. The summed E-state index contributed by atoms with van der Waals surface area (Å²) in [6, 6.07) is 25.4. The smallest absolute Gasteiger partial charge is 0.257 e. The van der Waals surface area contributed by atoms with Crippen LogP contribution in [-0.4, -0.2) is 32.5 Å². The van der Waals surface area contributed by atoms with E-state index in [0.29, 0.717) is 29.9 Å². The fourth-order valence-corrected chi connectivity index (χ4v) is 3.32. The van der Waals surface area contributed by atoms with Crippen LogP contribution in [0.25, 0.3) is 0 Å². The molecule has 30 heavy (non-hydrogen) atoms. The molecule has 0 bridgehead atoms. The number of amides is 1. The number of aldehydes is 1. The van der Waals surface area contributed by atoms with Crippen molar-refractivity contribution < 1.29 is 19.1 Å². The normalized spacial score (nSPS) is 10.5. The zero-order chi connectivity index (χ0) is 21.2. The Morgan fingerprint density at radius 1 is 0.967 bits per heavy atom. The molecule has 0 unspecified atom stereocenters. The van der Waals surface area contributed by atoms with E-state index >= 15 is 0 Å². The second-order valence-electron chi connectivity index (χ2n) is 6.82. The van der Waals surface area contributed by atoms with Gasteiger partial charge in [0.15, 0.2) is 12.9 Å². The molecule has 1 amide bonds. The zero-order valence-electron chi connectivity index (χ0n) is 16.9. The summed E-state index contributed by atoms with van der Waals surface area (Å²) >= 11 is 0. The van der Waals surface area contributed by atoms with Crippen LogP contribution >= 0.6 is 0 Å². The molecule has 5 nitrogen and oxygen atoms in total. The van der Waals surface area contributed by atoms with E-state index in [1.54, 1.807) is 18.2 Å². The molecule has 1 N–H and O–H groups in total. The standard InChI is InChI=1S/C25H25NO4/c1-29-22-12-13-24(21(16-22)17-27)30-18-25(28)26-15-14-23(19-8-4-2-5-9-19)20-10-6-3-7-11-20/h2-13,16-17,23H,14-15,18H2,1H3,(H,26,28). The fourth-order valence-electron chi connectivity index (χ4n) is 3.32. The summed E-state index contributed by atoms with van der Waals surface area (Å²) < 4.78 is 10.6. The van der Waals surface area contributed by atoms with E-state index < -0.39 is 0 Å². The number of benzene rings is 3. The van der Waals surface area contributed by atoms with E-state index in [4.69, 9.17) is 9.47 Å². The van der Waals surface area contributed by atoms with Gasteiger partial charge in [-0.15, -0.1) is 0 Å². The predicted octanol–water partition coefficient (Wildman–Crippen LogP) is 4.22. The van der Waals surface area contributed by atoms with Crippen molar-refractivity contribution in [1.82, 2.24) is 5.32 Å². The number of ether oxygens (including phenoxy) is 2. The maximum atomic E-state index is 12.2. The van der Waals surface area contributed by atoms with Gasteiger partial charge in [0.25, 0.3) is 5.91 Å². The first kappa shape index (κ1) is 21.1. The van der Waals surface area contributed by atoms with Crippen molar-refractivity contribution in [1.29, 1.82) is 0 Å². The highest BCUT2D eigenvalue weighted by Crippen LogP contribution is 2.27. The molecule has 0 saturated heterocycles. The summed E-state index contributed by atoms with van der Waals surface area (Å²) in [7, 11) is 1.52. The van der Waals surface area contributed by atoms with Gasteiger partial charge in [0.05, 0.1) is 12.7 Å². The maximum absolute atomic E-state index is 12.2. The molecule has 3 rings (SSSR count). The van der Waals surface area contributed by atoms with Crippen molar-refractivity contribution in [3.63, 3.8) is 0 Å². The Bertz CT molecular complexity index is 918. The first-order valence-electron chi connectivity index (χ1n) is 9.84. The molecule has 0 aliphatic rings. The molecule has 0 saturated carbocycles. The monoisotopic (exact) mass is 403 g/mol. The van der Waals surface area contributed by atoms with Crippen LogP contribution in [0.3, 0.4) is 0 Å². The molecule has 0 aromatic heterocycles. The minimum Gasteiger partial charge on any atom is -0.497 e. The van der Waals surface area contributed by atoms with Gasteiger partial charge < -0.3 is 14.8 Å². The lowest BCUT2D eigenvalue weighted by Crippen LogP contribution is -2.30. The molecular formula is C25H25NO4. The third-order valence-electron chi connectivity index (χ3n) is 4.86. The van der Waals surface area contributed by atoms with Crippen molar-refractivity contribution >= 4 is 12.2 Å². The summed E-state index contributed by atoms with van der Waals surface area (Å²) in [5.74, 6) is 0.869. The van der Waals surface area contributed by atoms with Gasteiger partial charge in [0, 0.05) is 12.5 Å². The molecule has 0 aliphatic heterocycles. The van der Waals surface area contributed by atoms with Crippen LogP contribution in [-0.2, 0) is 4.79 Å². The molecule has 5 heteroatoms. The highest BCUT2D eigenvalue weighted by atomic mass is 16.5. The molecule has 0 radical (unpaired) electrons.